The molecule has 3 heterocycles. The van der Waals surface area contributed by atoms with Gasteiger partial charge in [-0.05, 0) is 36.6 Å². The molecule has 21 heavy (non-hydrogen) atoms. The van der Waals surface area contributed by atoms with Gasteiger partial charge < -0.3 is 19.1 Å². The average Bonchev–Trinajstić information content (AvgIpc) is 3.06. The zero-order valence-electron chi connectivity index (χ0n) is 11.7. The summed E-state index contributed by atoms with van der Waals surface area (Å²) in [5.41, 5.74) is 0.938. The van der Waals surface area contributed by atoms with Crippen LogP contribution in [-0.2, 0) is 9.53 Å². The van der Waals surface area contributed by atoms with Crippen molar-refractivity contribution in [3.8, 4) is 11.5 Å². The molecule has 3 aliphatic heterocycles. The summed E-state index contributed by atoms with van der Waals surface area (Å²) in [6.45, 7) is 1.60. The second-order valence-electron chi connectivity index (χ2n) is 5.61. The molecule has 3 aliphatic rings. The van der Waals surface area contributed by atoms with Gasteiger partial charge in [0, 0.05) is 6.08 Å². The number of ether oxygens (including phenoxy) is 3. The van der Waals surface area contributed by atoms with Crippen LogP contribution in [0.15, 0.2) is 24.3 Å². The maximum atomic E-state index is 12.4. The van der Waals surface area contributed by atoms with E-state index in [2.05, 4.69) is 0 Å². The summed E-state index contributed by atoms with van der Waals surface area (Å²) in [5.74, 6) is 1.56. The molecule has 0 spiro atoms. The van der Waals surface area contributed by atoms with Crippen LogP contribution in [0.25, 0.3) is 6.08 Å². The zero-order valence-corrected chi connectivity index (χ0v) is 11.7. The fraction of sp³-hybridized carbons (Fsp3) is 0.438. The molecule has 0 aromatic heterocycles. The van der Waals surface area contributed by atoms with Crippen molar-refractivity contribution in [2.45, 2.75) is 24.9 Å². The molecular weight excluding hydrogens is 270 g/mol. The Labute approximate surface area is 123 Å². The quantitative estimate of drug-likeness (QED) is 0.779. The molecule has 4 rings (SSSR count). The van der Waals surface area contributed by atoms with E-state index in [1.807, 2.05) is 29.2 Å². The van der Waals surface area contributed by atoms with Crippen molar-refractivity contribution in [1.82, 2.24) is 4.90 Å². The monoisotopic (exact) mass is 287 g/mol. The van der Waals surface area contributed by atoms with Crippen molar-refractivity contribution in [2.75, 3.05) is 20.0 Å². The number of morpholine rings is 1. The Morgan fingerprint density at radius 3 is 2.71 bits per heavy atom. The number of amides is 1. The van der Waals surface area contributed by atoms with Gasteiger partial charge >= 0.3 is 0 Å². The Kier molecular flexibility index (Phi) is 3.07. The molecule has 5 heteroatoms. The number of nitrogens with zero attached hydrogens (tertiary/aromatic N) is 1. The minimum absolute atomic E-state index is 0.0727. The minimum atomic E-state index is 0.0727. The van der Waals surface area contributed by atoms with Crippen molar-refractivity contribution < 1.29 is 19.0 Å². The molecule has 0 aliphatic carbocycles. The highest BCUT2D eigenvalue weighted by Crippen LogP contribution is 2.33. The van der Waals surface area contributed by atoms with E-state index in [4.69, 9.17) is 14.2 Å². The molecule has 0 saturated carbocycles. The van der Waals surface area contributed by atoms with E-state index in [9.17, 15) is 4.79 Å². The molecule has 0 radical (unpaired) electrons. The molecule has 2 bridgehead atoms. The summed E-state index contributed by atoms with van der Waals surface area (Å²) in [6.07, 6.45) is 5.58. The van der Waals surface area contributed by atoms with Gasteiger partial charge in [-0.1, -0.05) is 6.07 Å². The van der Waals surface area contributed by atoms with Crippen molar-refractivity contribution in [1.29, 1.82) is 0 Å². The van der Waals surface area contributed by atoms with Gasteiger partial charge in [0.15, 0.2) is 11.5 Å². The van der Waals surface area contributed by atoms with Crippen LogP contribution >= 0.6 is 0 Å². The minimum Gasteiger partial charge on any atom is -0.454 e. The Bertz CT molecular complexity index is 582. The topological polar surface area (TPSA) is 48.0 Å². The first-order valence-electron chi connectivity index (χ1n) is 7.29. The Morgan fingerprint density at radius 1 is 1.14 bits per heavy atom. The number of benzene rings is 1. The summed E-state index contributed by atoms with van der Waals surface area (Å²) in [6, 6.07) is 6.17. The molecule has 2 fully saturated rings. The van der Waals surface area contributed by atoms with Crippen molar-refractivity contribution in [2.24, 2.45) is 0 Å². The molecule has 110 valence electrons. The van der Waals surface area contributed by atoms with Crippen LogP contribution in [-0.4, -0.2) is 42.9 Å². The highest BCUT2D eigenvalue weighted by atomic mass is 16.7. The molecule has 1 amide bonds. The Hall–Kier alpha value is -2.01. The van der Waals surface area contributed by atoms with Gasteiger partial charge in [0.1, 0.15) is 0 Å². The molecule has 1 aromatic rings. The number of rotatable bonds is 2. The number of hydrogen-bond donors (Lipinski definition) is 0. The molecule has 2 saturated heterocycles. The molecule has 0 unspecified atom stereocenters. The standard InChI is InChI=1S/C16H17NO4/c18-16(17-12-3-4-13(17)9-19-8-12)6-2-11-1-5-14-15(7-11)21-10-20-14/h1-2,5-7,12-13H,3-4,8-10H2/b6-2+/t12-,13-/m0/s1. The smallest absolute Gasteiger partial charge is 0.247 e. The van der Waals surface area contributed by atoms with Crippen LogP contribution in [0.2, 0.25) is 0 Å². The lowest BCUT2D eigenvalue weighted by Gasteiger charge is -2.33. The van der Waals surface area contributed by atoms with Crippen LogP contribution in [0.1, 0.15) is 18.4 Å². The van der Waals surface area contributed by atoms with Crippen LogP contribution in [0.3, 0.4) is 0 Å². The van der Waals surface area contributed by atoms with Gasteiger partial charge in [0.2, 0.25) is 12.7 Å². The lowest BCUT2D eigenvalue weighted by molar-refractivity contribution is -0.135. The molecule has 1 aromatic carbocycles. The van der Waals surface area contributed by atoms with E-state index < -0.39 is 0 Å². The summed E-state index contributed by atoms with van der Waals surface area (Å²) in [7, 11) is 0. The summed E-state index contributed by atoms with van der Waals surface area (Å²) < 4.78 is 16.1. The zero-order chi connectivity index (χ0) is 14.2. The van der Waals surface area contributed by atoms with E-state index in [0.717, 1.165) is 29.9 Å². The summed E-state index contributed by atoms with van der Waals surface area (Å²) >= 11 is 0. The highest BCUT2D eigenvalue weighted by molar-refractivity contribution is 5.92. The maximum absolute atomic E-state index is 12.4. The van der Waals surface area contributed by atoms with E-state index in [1.165, 1.54) is 0 Å². The van der Waals surface area contributed by atoms with Gasteiger partial charge in [-0.2, -0.15) is 0 Å². The van der Waals surface area contributed by atoms with E-state index in [-0.39, 0.29) is 24.8 Å². The molecular formula is C16H17NO4. The highest BCUT2D eigenvalue weighted by Gasteiger charge is 2.39. The van der Waals surface area contributed by atoms with Gasteiger partial charge in [-0.25, -0.2) is 0 Å². The molecule has 0 N–H and O–H groups in total. The first-order chi connectivity index (χ1) is 10.3. The third-order valence-electron chi connectivity index (χ3n) is 4.31. The molecule has 2 atom stereocenters. The van der Waals surface area contributed by atoms with Crippen LogP contribution in [0, 0.1) is 0 Å². The second kappa shape index (κ2) is 5.07. The van der Waals surface area contributed by atoms with E-state index in [1.54, 1.807) is 6.08 Å². The predicted molar refractivity (Wildman–Crippen MR) is 76.1 cm³/mol. The van der Waals surface area contributed by atoms with Gasteiger partial charge in [-0.3, -0.25) is 4.79 Å². The number of carbonyl (C=O) groups is 1. The Morgan fingerprint density at radius 2 is 1.90 bits per heavy atom. The average molecular weight is 287 g/mol. The predicted octanol–water partition coefficient (Wildman–Crippen LogP) is 1.82. The summed E-state index contributed by atoms with van der Waals surface area (Å²) in [5, 5.41) is 0. The third kappa shape index (κ3) is 2.27. The third-order valence-corrected chi connectivity index (χ3v) is 4.31. The molecule has 5 nitrogen and oxygen atoms in total. The van der Waals surface area contributed by atoms with Crippen molar-refractivity contribution in [3.05, 3.63) is 29.8 Å². The van der Waals surface area contributed by atoms with Crippen LogP contribution in [0.5, 0.6) is 11.5 Å². The van der Waals surface area contributed by atoms with Gasteiger partial charge in [0.25, 0.3) is 0 Å². The van der Waals surface area contributed by atoms with Gasteiger partial charge in [0.05, 0.1) is 25.3 Å². The normalized spacial score (nSPS) is 26.6. The summed E-state index contributed by atoms with van der Waals surface area (Å²) in [4.78, 5) is 14.4. The number of fused-ring (bicyclic) bond motifs is 3. The first-order valence-corrected chi connectivity index (χ1v) is 7.29. The lowest BCUT2D eigenvalue weighted by atomic mass is 10.1. The fourth-order valence-electron chi connectivity index (χ4n) is 3.26. The first kappa shape index (κ1) is 12.7. The number of carbonyl (C=O) groups excluding carboxylic acids is 1. The van der Waals surface area contributed by atoms with E-state index >= 15 is 0 Å². The maximum Gasteiger partial charge on any atom is 0.247 e. The second-order valence-corrected chi connectivity index (χ2v) is 5.61. The van der Waals surface area contributed by atoms with Gasteiger partial charge in [-0.15, -0.1) is 0 Å². The largest absolute Gasteiger partial charge is 0.454 e. The SMILES string of the molecule is O=C(/C=C/c1ccc2c(c1)OCO2)N1[C@H]2CC[C@H]1COC2. The van der Waals surface area contributed by atoms with Crippen LogP contribution in [0.4, 0.5) is 0 Å². The van der Waals surface area contributed by atoms with E-state index in [0.29, 0.717) is 13.2 Å². The lowest BCUT2D eigenvalue weighted by Crippen LogP contribution is -2.48. The van der Waals surface area contributed by atoms with Crippen molar-refractivity contribution in [3.63, 3.8) is 0 Å². The van der Waals surface area contributed by atoms with Crippen LogP contribution < -0.4 is 9.47 Å². The fourth-order valence-corrected chi connectivity index (χ4v) is 3.26. The van der Waals surface area contributed by atoms with Crippen molar-refractivity contribution >= 4 is 12.0 Å². The number of hydrogen-bond acceptors (Lipinski definition) is 4. The Balaban J connectivity index is 1.49.